The topological polar surface area (TPSA) is 58.4 Å². The van der Waals surface area contributed by atoms with E-state index in [0.29, 0.717) is 12.1 Å². The van der Waals surface area contributed by atoms with Crippen LogP contribution in [0.4, 0.5) is 0 Å². The smallest absolute Gasteiger partial charge is 0.237 e. The zero-order valence-electron chi connectivity index (χ0n) is 14.1. The minimum absolute atomic E-state index is 0.248. The summed E-state index contributed by atoms with van der Waals surface area (Å²) in [6, 6.07) is 1.18. The van der Waals surface area contributed by atoms with Crippen LogP contribution < -0.4 is 11.1 Å². The molecule has 4 atom stereocenters. The van der Waals surface area contributed by atoms with Crippen molar-refractivity contribution in [3.8, 4) is 0 Å². The fourth-order valence-electron chi connectivity index (χ4n) is 3.57. The molecule has 0 aromatic heterocycles. The second kappa shape index (κ2) is 6.90. The van der Waals surface area contributed by atoms with E-state index in [4.69, 9.17) is 5.73 Å². The van der Waals surface area contributed by atoms with Crippen LogP contribution in [0.5, 0.6) is 0 Å². The summed E-state index contributed by atoms with van der Waals surface area (Å²) < 4.78 is 0. The number of piperidine rings is 1. The fourth-order valence-corrected chi connectivity index (χ4v) is 3.57. The number of primary amides is 1. The van der Waals surface area contributed by atoms with E-state index >= 15 is 0 Å². The van der Waals surface area contributed by atoms with Crippen LogP contribution in [0.1, 0.15) is 60.8 Å². The van der Waals surface area contributed by atoms with Gasteiger partial charge < -0.3 is 11.1 Å². The molecule has 118 valence electrons. The molecule has 4 nitrogen and oxygen atoms in total. The summed E-state index contributed by atoms with van der Waals surface area (Å²) in [6.07, 6.45) is 3.32. The Balaban J connectivity index is 2.75. The highest BCUT2D eigenvalue weighted by molar-refractivity contribution is 5.84. The number of nitrogens with one attached hydrogen (secondary N) is 1. The van der Waals surface area contributed by atoms with E-state index in [1.807, 2.05) is 6.92 Å². The molecule has 4 unspecified atom stereocenters. The predicted octanol–water partition coefficient (Wildman–Crippen LogP) is 2.13. The van der Waals surface area contributed by atoms with Gasteiger partial charge in [0, 0.05) is 18.1 Å². The van der Waals surface area contributed by atoms with Crippen molar-refractivity contribution >= 4 is 5.91 Å². The summed E-state index contributed by atoms with van der Waals surface area (Å²) in [6.45, 7) is 14.0. The Morgan fingerprint density at radius 3 is 2.50 bits per heavy atom. The Morgan fingerprint density at radius 1 is 1.40 bits per heavy atom. The van der Waals surface area contributed by atoms with Crippen LogP contribution in [0.2, 0.25) is 0 Å². The largest absolute Gasteiger partial charge is 0.368 e. The van der Waals surface area contributed by atoms with Gasteiger partial charge in [-0.2, -0.15) is 0 Å². The lowest BCUT2D eigenvalue weighted by molar-refractivity contribution is -0.125. The Kier molecular flexibility index (Phi) is 6.02. The molecule has 0 spiro atoms. The van der Waals surface area contributed by atoms with Crippen LogP contribution in [0.25, 0.3) is 0 Å². The maximum absolute atomic E-state index is 11.9. The molecule has 1 aliphatic heterocycles. The van der Waals surface area contributed by atoms with Crippen LogP contribution >= 0.6 is 0 Å². The summed E-state index contributed by atoms with van der Waals surface area (Å²) in [4.78, 5) is 14.4. The molecule has 1 amide bonds. The summed E-state index contributed by atoms with van der Waals surface area (Å²) in [7, 11) is 0. The van der Waals surface area contributed by atoms with E-state index in [-0.39, 0.29) is 11.9 Å². The van der Waals surface area contributed by atoms with E-state index in [1.165, 1.54) is 12.8 Å². The molecule has 1 rings (SSSR count). The minimum atomic E-state index is -0.631. The standard InChI is InChI=1S/C16H33N3O/c1-11(2)18-16(6,15(17)20)10-13(4)19-9-7-8-12(3)14(19)5/h11-14,18H,7-10H2,1-6H3,(H2,17,20). The van der Waals surface area contributed by atoms with Gasteiger partial charge in [-0.25, -0.2) is 0 Å². The SMILES string of the molecule is CC(C)NC(C)(CC(C)N1CCCC(C)C1C)C(N)=O. The van der Waals surface area contributed by atoms with Crippen molar-refractivity contribution in [2.24, 2.45) is 11.7 Å². The molecule has 0 aromatic carbocycles. The lowest BCUT2D eigenvalue weighted by atomic mass is 9.86. The summed E-state index contributed by atoms with van der Waals surface area (Å²) in [5.41, 5.74) is 5.01. The number of rotatable bonds is 6. The van der Waals surface area contributed by atoms with Crippen LogP contribution in [0.3, 0.4) is 0 Å². The predicted molar refractivity (Wildman–Crippen MR) is 84.5 cm³/mol. The molecule has 0 aliphatic carbocycles. The number of likely N-dealkylation sites (tertiary alicyclic amines) is 1. The van der Waals surface area contributed by atoms with Gasteiger partial charge in [-0.1, -0.05) is 6.92 Å². The van der Waals surface area contributed by atoms with Crippen molar-refractivity contribution in [2.75, 3.05) is 6.54 Å². The van der Waals surface area contributed by atoms with E-state index in [9.17, 15) is 4.79 Å². The minimum Gasteiger partial charge on any atom is -0.368 e. The van der Waals surface area contributed by atoms with Gasteiger partial charge in [0.15, 0.2) is 0 Å². The van der Waals surface area contributed by atoms with E-state index in [2.05, 4.69) is 44.8 Å². The third kappa shape index (κ3) is 4.19. The summed E-state index contributed by atoms with van der Waals surface area (Å²) in [5.74, 6) is 0.472. The quantitative estimate of drug-likeness (QED) is 0.785. The van der Waals surface area contributed by atoms with Gasteiger partial charge in [-0.15, -0.1) is 0 Å². The normalized spacial score (nSPS) is 29.1. The Morgan fingerprint density at radius 2 is 2.00 bits per heavy atom. The fraction of sp³-hybridized carbons (Fsp3) is 0.938. The lowest BCUT2D eigenvalue weighted by Crippen LogP contribution is -2.59. The second-order valence-corrected chi connectivity index (χ2v) is 7.15. The first-order valence-electron chi connectivity index (χ1n) is 8.00. The Bertz CT molecular complexity index is 332. The number of nitrogens with two attached hydrogens (primary N) is 1. The van der Waals surface area contributed by atoms with Crippen LogP contribution in [0.15, 0.2) is 0 Å². The molecule has 0 radical (unpaired) electrons. The highest BCUT2D eigenvalue weighted by Gasteiger charge is 2.37. The third-order valence-electron chi connectivity index (χ3n) is 4.84. The van der Waals surface area contributed by atoms with E-state index in [1.54, 1.807) is 0 Å². The zero-order chi connectivity index (χ0) is 15.5. The first-order valence-corrected chi connectivity index (χ1v) is 8.00. The molecule has 3 N–H and O–H groups in total. The van der Waals surface area contributed by atoms with Crippen molar-refractivity contribution < 1.29 is 4.79 Å². The lowest BCUT2D eigenvalue weighted by Gasteiger charge is -2.44. The number of amides is 1. The molecule has 0 bridgehead atoms. The average Bonchev–Trinajstić information content (AvgIpc) is 2.31. The van der Waals surface area contributed by atoms with Crippen molar-refractivity contribution in [1.29, 1.82) is 0 Å². The van der Waals surface area contributed by atoms with Gasteiger partial charge in [0.1, 0.15) is 0 Å². The Labute approximate surface area is 124 Å². The molecule has 0 saturated carbocycles. The van der Waals surface area contributed by atoms with Gasteiger partial charge in [0.2, 0.25) is 5.91 Å². The van der Waals surface area contributed by atoms with Crippen LogP contribution in [-0.4, -0.2) is 41.0 Å². The monoisotopic (exact) mass is 283 g/mol. The van der Waals surface area contributed by atoms with Gasteiger partial charge >= 0.3 is 0 Å². The van der Waals surface area contributed by atoms with Crippen LogP contribution in [0, 0.1) is 5.92 Å². The highest BCUT2D eigenvalue weighted by atomic mass is 16.1. The van der Waals surface area contributed by atoms with Crippen molar-refractivity contribution in [3.05, 3.63) is 0 Å². The molecule has 1 aliphatic rings. The number of hydrogen-bond acceptors (Lipinski definition) is 3. The molecule has 1 heterocycles. The average molecular weight is 283 g/mol. The molecule has 0 aromatic rings. The first-order chi connectivity index (χ1) is 9.17. The maximum atomic E-state index is 11.9. The number of hydrogen-bond donors (Lipinski definition) is 2. The van der Waals surface area contributed by atoms with Gasteiger partial charge in [0.05, 0.1) is 5.54 Å². The van der Waals surface area contributed by atoms with Crippen molar-refractivity contribution in [1.82, 2.24) is 10.2 Å². The van der Waals surface area contributed by atoms with E-state index in [0.717, 1.165) is 18.9 Å². The van der Waals surface area contributed by atoms with Gasteiger partial charge in [0.25, 0.3) is 0 Å². The molecule has 20 heavy (non-hydrogen) atoms. The molecule has 4 heteroatoms. The first kappa shape index (κ1) is 17.4. The molecular formula is C16H33N3O. The Hall–Kier alpha value is -0.610. The highest BCUT2D eigenvalue weighted by Crippen LogP contribution is 2.27. The number of carbonyl (C=O) groups is 1. The maximum Gasteiger partial charge on any atom is 0.237 e. The summed E-state index contributed by atoms with van der Waals surface area (Å²) >= 11 is 0. The number of carbonyl (C=O) groups excluding carboxylic acids is 1. The number of nitrogens with zero attached hydrogens (tertiary/aromatic N) is 1. The van der Waals surface area contributed by atoms with Crippen molar-refractivity contribution in [2.45, 2.75) is 84.5 Å². The third-order valence-corrected chi connectivity index (χ3v) is 4.84. The summed E-state index contributed by atoms with van der Waals surface area (Å²) in [5, 5.41) is 3.35. The second-order valence-electron chi connectivity index (χ2n) is 7.15. The van der Waals surface area contributed by atoms with E-state index < -0.39 is 5.54 Å². The molecule has 1 saturated heterocycles. The zero-order valence-corrected chi connectivity index (χ0v) is 14.1. The van der Waals surface area contributed by atoms with Gasteiger partial charge in [-0.05, 0) is 66.3 Å². The van der Waals surface area contributed by atoms with Crippen LogP contribution in [-0.2, 0) is 4.79 Å². The van der Waals surface area contributed by atoms with Crippen molar-refractivity contribution in [3.63, 3.8) is 0 Å². The van der Waals surface area contributed by atoms with Gasteiger partial charge in [-0.3, -0.25) is 9.69 Å². The molecular weight excluding hydrogens is 250 g/mol. The molecule has 1 fully saturated rings.